The molecule has 18 heteroatoms. The van der Waals surface area contributed by atoms with Crippen molar-refractivity contribution in [2.45, 2.75) is 123 Å². The molecule has 0 radical (unpaired) electrons. The normalized spacial score (nSPS) is 10.2. The van der Waals surface area contributed by atoms with Crippen LogP contribution in [0.3, 0.4) is 0 Å². The van der Waals surface area contributed by atoms with Gasteiger partial charge in [0.15, 0.2) is 0 Å². The second-order valence-corrected chi connectivity index (χ2v) is 17.6. The topological polar surface area (TPSA) is 262 Å². The van der Waals surface area contributed by atoms with Gasteiger partial charge in [-0.1, -0.05) is 96.9 Å². The number of methoxy groups -OCH3 is 1. The number of hydrogen-bond acceptors (Lipinski definition) is 11. The lowest BCUT2D eigenvalue weighted by Crippen LogP contribution is -2.47. The molecule has 0 fully saturated rings. The van der Waals surface area contributed by atoms with Crippen LogP contribution in [0.1, 0.15) is 117 Å². The molecule has 0 aromatic rings. The fourth-order valence-corrected chi connectivity index (χ4v) is 2.94. The number of carbonyl (C=O) groups is 7. The number of nitrogens with one attached hydrogen (secondary N) is 5. The Hall–Kier alpha value is -3.87. The van der Waals surface area contributed by atoms with Gasteiger partial charge in [0.2, 0.25) is 41.4 Å². The molecule has 9 N–H and O–H groups in total. The first-order valence-electron chi connectivity index (χ1n) is 21.9. The standard InChI is InChI=1S/C8H18N2O.2C8H17NO2.C6H13NO2.C6H13NO.C5H11NO.C4H9NO/c1-7(2)8(11)9-5-6-10(3)4;1-6(2)7(11)9-8(3,4)5-10;1-7(2)8(10)9-5-4-6-11-3;1-5(2)6(9)7-3-4-8;1-5(2)6(8)7(3)4;1-4(2)5(7)6-3;1-3(2)4(5)6/h7H,5-6H2,1-4H3,(H,9,11);6,10H,5H2,1-4H3,(H,9,11);7H,4-6H2,1-3H3,(H,9,10);5,8H,3-4H2,1-2H3,(H,7,9);5H,1-4H3;4H,1-3H3,(H,6,7);3H,1-2H3,(H2,5,6). The number of rotatable bonds is 18. The lowest BCUT2D eigenvalue weighted by atomic mass is 10.1. The molecule has 63 heavy (non-hydrogen) atoms. The number of primary amides is 1. The van der Waals surface area contributed by atoms with Crippen LogP contribution in [-0.2, 0) is 38.3 Å². The molecule has 0 aliphatic heterocycles. The zero-order valence-corrected chi connectivity index (χ0v) is 43.8. The van der Waals surface area contributed by atoms with E-state index < -0.39 is 5.54 Å². The van der Waals surface area contributed by atoms with E-state index in [9.17, 15) is 33.6 Å². The van der Waals surface area contributed by atoms with Gasteiger partial charge in [-0.25, -0.2) is 0 Å². The lowest BCUT2D eigenvalue weighted by Gasteiger charge is -2.24. The number of aliphatic hydroxyl groups excluding tert-OH is 2. The van der Waals surface area contributed by atoms with Gasteiger partial charge in [0, 0.05) is 102 Å². The van der Waals surface area contributed by atoms with Crippen LogP contribution >= 0.6 is 0 Å². The van der Waals surface area contributed by atoms with E-state index in [1.807, 2.05) is 102 Å². The highest BCUT2D eigenvalue weighted by molar-refractivity contribution is 5.79. The lowest BCUT2D eigenvalue weighted by molar-refractivity contribution is -0.132. The fourth-order valence-electron chi connectivity index (χ4n) is 2.94. The number of amides is 7. The van der Waals surface area contributed by atoms with Gasteiger partial charge in [-0.3, -0.25) is 33.6 Å². The van der Waals surface area contributed by atoms with Crippen LogP contribution in [0.25, 0.3) is 0 Å². The number of nitrogens with two attached hydrogens (primary N) is 1. The minimum Gasteiger partial charge on any atom is -0.395 e. The summed E-state index contributed by atoms with van der Waals surface area (Å²) in [6.45, 7) is 32.8. The number of aliphatic hydroxyl groups is 2. The highest BCUT2D eigenvalue weighted by atomic mass is 16.5. The number of hydrogen-bond donors (Lipinski definition) is 8. The van der Waals surface area contributed by atoms with E-state index in [2.05, 4.69) is 26.6 Å². The molecule has 0 atom stereocenters. The van der Waals surface area contributed by atoms with Crippen molar-refractivity contribution in [3.05, 3.63) is 0 Å². The quantitative estimate of drug-likeness (QED) is 0.0928. The summed E-state index contributed by atoms with van der Waals surface area (Å²) in [6, 6.07) is 0. The molecular weight excluding hydrogens is 813 g/mol. The molecule has 0 saturated carbocycles. The SMILES string of the molecule is CC(C)C(=O)N(C)C.CC(C)C(=O)NC(C)(C)CO.CC(C)C(=O)NCCN(C)C.CC(C)C(=O)NCCO.CC(C)C(N)=O.CNC(=O)C(C)C.COCCCNC(=O)C(C)C. The van der Waals surface area contributed by atoms with Crippen LogP contribution in [0.5, 0.6) is 0 Å². The summed E-state index contributed by atoms with van der Waals surface area (Å²) < 4.78 is 4.83. The third-order valence-electron chi connectivity index (χ3n) is 7.32. The maximum atomic E-state index is 11.1. The summed E-state index contributed by atoms with van der Waals surface area (Å²) in [4.78, 5) is 78.5. The van der Waals surface area contributed by atoms with Crippen molar-refractivity contribution in [3.63, 3.8) is 0 Å². The highest BCUT2D eigenvalue weighted by Crippen LogP contribution is 2.02. The number of nitrogens with zero attached hydrogens (tertiary/aromatic N) is 2. The van der Waals surface area contributed by atoms with Gasteiger partial charge >= 0.3 is 0 Å². The molecule has 0 rings (SSSR count). The van der Waals surface area contributed by atoms with Crippen molar-refractivity contribution in [2.75, 3.05) is 88.3 Å². The van der Waals surface area contributed by atoms with Crippen molar-refractivity contribution in [2.24, 2.45) is 47.2 Å². The van der Waals surface area contributed by atoms with E-state index in [1.54, 1.807) is 60.8 Å². The molecule has 7 amide bonds. The van der Waals surface area contributed by atoms with Gasteiger partial charge in [0.25, 0.3) is 0 Å². The highest BCUT2D eigenvalue weighted by Gasteiger charge is 2.20. The van der Waals surface area contributed by atoms with Gasteiger partial charge < -0.3 is 57.1 Å². The van der Waals surface area contributed by atoms with E-state index in [-0.39, 0.29) is 96.0 Å². The van der Waals surface area contributed by atoms with Crippen molar-refractivity contribution in [3.8, 4) is 0 Å². The van der Waals surface area contributed by atoms with Crippen molar-refractivity contribution < 1.29 is 48.5 Å². The maximum Gasteiger partial charge on any atom is 0.224 e. The van der Waals surface area contributed by atoms with Crippen LogP contribution in [0.4, 0.5) is 0 Å². The monoisotopic (exact) mass is 911 g/mol. The van der Waals surface area contributed by atoms with Crippen molar-refractivity contribution >= 4 is 41.4 Å². The number of likely N-dealkylation sites (N-methyl/N-ethyl adjacent to an activating group) is 1. The molecular formula is C45H98N8O10. The first-order valence-corrected chi connectivity index (χ1v) is 21.9. The van der Waals surface area contributed by atoms with Crippen LogP contribution in [0.2, 0.25) is 0 Å². The predicted molar refractivity (Wildman–Crippen MR) is 256 cm³/mol. The van der Waals surface area contributed by atoms with E-state index in [0.717, 1.165) is 19.5 Å². The first kappa shape index (κ1) is 73.5. The van der Waals surface area contributed by atoms with Crippen molar-refractivity contribution in [1.82, 2.24) is 36.4 Å². The molecule has 0 saturated heterocycles. The summed E-state index contributed by atoms with van der Waals surface area (Å²) in [6.07, 6.45) is 0.884. The smallest absolute Gasteiger partial charge is 0.224 e. The summed E-state index contributed by atoms with van der Waals surface area (Å²) in [5.74, 6) is 0.646. The summed E-state index contributed by atoms with van der Waals surface area (Å²) in [5, 5.41) is 30.5. The third kappa shape index (κ3) is 62.5. The Balaban J connectivity index is -0.000000117. The Labute approximate surface area is 383 Å². The van der Waals surface area contributed by atoms with Gasteiger partial charge in [-0.05, 0) is 34.4 Å². The Bertz CT molecular complexity index is 1160. The van der Waals surface area contributed by atoms with Gasteiger partial charge in [0.1, 0.15) is 0 Å². The van der Waals surface area contributed by atoms with Crippen molar-refractivity contribution in [1.29, 1.82) is 0 Å². The van der Waals surface area contributed by atoms with E-state index >= 15 is 0 Å². The van der Waals surface area contributed by atoms with Crippen LogP contribution in [-0.4, -0.2) is 155 Å². The summed E-state index contributed by atoms with van der Waals surface area (Å²) in [7, 11) is 10.8. The molecule has 378 valence electrons. The maximum absolute atomic E-state index is 11.1. The molecule has 0 bridgehead atoms. The molecule has 0 aliphatic rings. The molecule has 18 nitrogen and oxygen atoms in total. The number of ether oxygens (including phenoxy) is 1. The van der Waals surface area contributed by atoms with Crippen LogP contribution in [0, 0.1) is 41.4 Å². The second kappa shape index (κ2) is 46.1. The van der Waals surface area contributed by atoms with Gasteiger partial charge in [-0.2, -0.15) is 0 Å². The zero-order chi connectivity index (χ0) is 51.6. The predicted octanol–water partition coefficient (Wildman–Crippen LogP) is 2.64. The van der Waals surface area contributed by atoms with E-state index in [1.165, 1.54) is 0 Å². The van der Waals surface area contributed by atoms with E-state index in [4.69, 9.17) is 20.7 Å². The Morgan fingerprint density at radius 3 is 1.13 bits per heavy atom. The van der Waals surface area contributed by atoms with Gasteiger partial charge in [0.05, 0.1) is 18.8 Å². The minimum atomic E-state index is -0.499. The average molecular weight is 911 g/mol. The average Bonchev–Trinajstić information content (AvgIpc) is 3.18. The molecule has 0 aromatic carbocycles. The summed E-state index contributed by atoms with van der Waals surface area (Å²) >= 11 is 0. The molecule has 0 heterocycles. The molecule has 0 aromatic heterocycles. The fraction of sp³-hybridized carbons (Fsp3) is 0.844. The second-order valence-electron chi connectivity index (χ2n) is 17.6. The first-order chi connectivity index (χ1) is 28.7. The molecule has 0 unspecified atom stereocenters. The van der Waals surface area contributed by atoms with E-state index in [0.29, 0.717) is 19.7 Å². The minimum absolute atomic E-state index is 0.00926. The third-order valence-corrected chi connectivity index (χ3v) is 7.32. The molecule has 0 aliphatic carbocycles. The summed E-state index contributed by atoms with van der Waals surface area (Å²) in [5.41, 5.74) is 4.30. The van der Waals surface area contributed by atoms with Gasteiger partial charge in [-0.15, -0.1) is 0 Å². The Morgan fingerprint density at radius 1 is 0.571 bits per heavy atom. The van der Waals surface area contributed by atoms with Crippen LogP contribution in [0.15, 0.2) is 0 Å². The molecule has 0 spiro atoms. The van der Waals surface area contributed by atoms with Crippen LogP contribution < -0.4 is 32.3 Å². The number of carbonyl (C=O) groups excluding carboxylic acids is 7. The zero-order valence-electron chi connectivity index (χ0n) is 43.8. The largest absolute Gasteiger partial charge is 0.395 e. The Morgan fingerprint density at radius 2 is 0.921 bits per heavy atom. The Kier molecular flexibility index (Phi) is 53.8.